The van der Waals surface area contributed by atoms with Gasteiger partial charge in [-0.2, -0.15) is 0 Å². The third-order valence-electron chi connectivity index (χ3n) is 4.88. The molecule has 0 fully saturated rings. The molecule has 0 radical (unpaired) electrons. The summed E-state index contributed by atoms with van der Waals surface area (Å²) in [5.74, 6) is 1.94. The van der Waals surface area contributed by atoms with E-state index in [1.807, 2.05) is 38.1 Å². The fourth-order valence-corrected chi connectivity index (χ4v) is 3.61. The summed E-state index contributed by atoms with van der Waals surface area (Å²) < 4.78 is 11.8. The molecule has 160 valence electrons. The summed E-state index contributed by atoms with van der Waals surface area (Å²) in [5.41, 5.74) is 1.86. The van der Waals surface area contributed by atoms with Crippen LogP contribution < -0.4 is 10.1 Å². The number of nitrogens with one attached hydrogen (secondary N) is 1. The highest BCUT2D eigenvalue weighted by atomic mass is 35.5. The number of carbonyl (C=O) groups is 1. The van der Waals surface area contributed by atoms with Crippen molar-refractivity contribution in [3.63, 3.8) is 0 Å². The van der Waals surface area contributed by atoms with E-state index in [9.17, 15) is 4.79 Å². The van der Waals surface area contributed by atoms with Gasteiger partial charge in [0.2, 0.25) is 0 Å². The van der Waals surface area contributed by atoms with Gasteiger partial charge in [-0.05, 0) is 49.7 Å². The molecule has 3 aromatic rings. The lowest BCUT2D eigenvalue weighted by Crippen LogP contribution is -2.22. The van der Waals surface area contributed by atoms with Gasteiger partial charge in [-0.15, -0.1) is 0 Å². The highest BCUT2D eigenvalue weighted by Gasteiger charge is 2.24. The molecule has 5 heteroatoms. The number of ketones is 1. The van der Waals surface area contributed by atoms with Crippen LogP contribution in [0, 0.1) is 5.92 Å². The lowest BCUT2D eigenvalue weighted by Gasteiger charge is -2.11. The van der Waals surface area contributed by atoms with Crippen LogP contribution in [0.1, 0.15) is 61.7 Å². The SMILES string of the molecule is CC(C)CNCCCOc1ccc(C(=O)c2c(C(C)C)oc3ccccc23)cc1Cl. The minimum absolute atomic E-state index is 0.0880. The lowest BCUT2D eigenvalue weighted by molar-refractivity contribution is 0.103. The Balaban J connectivity index is 1.73. The molecule has 0 saturated heterocycles. The van der Waals surface area contributed by atoms with Crippen molar-refractivity contribution in [2.75, 3.05) is 19.7 Å². The molecule has 2 aromatic carbocycles. The summed E-state index contributed by atoms with van der Waals surface area (Å²) in [6, 6.07) is 12.9. The van der Waals surface area contributed by atoms with E-state index in [0.29, 0.717) is 40.2 Å². The quantitative estimate of drug-likeness (QED) is 0.298. The molecule has 1 N–H and O–H groups in total. The van der Waals surface area contributed by atoms with Gasteiger partial charge >= 0.3 is 0 Å². The van der Waals surface area contributed by atoms with Crippen LogP contribution in [0.15, 0.2) is 46.9 Å². The summed E-state index contributed by atoms with van der Waals surface area (Å²) in [6.07, 6.45) is 0.891. The van der Waals surface area contributed by atoms with Crippen molar-refractivity contribution < 1.29 is 13.9 Å². The van der Waals surface area contributed by atoms with Gasteiger partial charge in [-0.1, -0.05) is 57.5 Å². The van der Waals surface area contributed by atoms with Gasteiger partial charge in [-0.25, -0.2) is 0 Å². The second-order valence-electron chi connectivity index (χ2n) is 8.27. The molecular weight excluding hydrogens is 398 g/mol. The molecule has 1 aromatic heterocycles. The van der Waals surface area contributed by atoms with E-state index in [1.54, 1.807) is 18.2 Å². The van der Waals surface area contributed by atoms with Crippen LogP contribution in [-0.4, -0.2) is 25.5 Å². The molecule has 0 atom stereocenters. The summed E-state index contributed by atoms with van der Waals surface area (Å²) in [7, 11) is 0. The van der Waals surface area contributed by atoms with Gasteiger partial charge in [0.25, 0.3) is 0 Å². The van der Waals surface area contributed by atoms with E-state index >= 15 is 0 Å². The zero-order valence-corrected chi connectivity index (χ0v) is 18.9. The molecule has 3 rings (SSSR count). The van der Waals surface area contributed by atoms with Gasteiger partial charge in [-0.3, -0.25) is 4.79 Å². The molecule has 0 aliphatic carbocycles. The number of fused-ring (bicyclic) bond motifs is 1. The number of carbonyl (C=O) groups excluding carboxylic acids is 1. The monoisotopic (exact) mass is 427 g/mol. The van der Waals surface area contributed by atoms with Crippen molar-refractivity contribution in [3.8, 4) is 5.75 Å². The predicted molar refractivity (Wildman–Crippen MR) is 123 cm³/mol. The average Bonchev–Trinajstić information content (AvgIpc) is 3.10. The zero-order valence-electron chi connectivity index (χ0n) is 18.1. The topological polar surface area (TPSA) is 51.5 Å². The molecule has 0 aliphatic rings. The first-order valence-corrected chi connectivity index (χ1v) is 11.0. The van der Waals surface area contributed by atoms with E-state index < -0.39 is 0 Å². The molecule has 30 heavy (non-hydrogen) atoms. The van der Waals surface area contributed by atoms with Crippen LogP contribution in [0.3, 0.4) is 0 Å². The Morgan fingerprint density at radius 2 is 1.90 bits per heavy atom. The molecule has 0 bridgehead atoms. The maximum Gasteiger partial charge on any atom is 0.197 e. The first-order valence-electron chi connectivity index (χ1n) is 10.6. The molecule has 0 spiro atoms. The zero-order chi connectivity index (χ0) is 21.7. The number of hydrogen-bond donors (Lipinski definition) is 1. The van der Waals surface area contributed by atoms with Gasteiger partial charge in [0.1, 0.15) is 17.1 Å². The number of rotatable bonds is 10. The Morgan fingerprint density at radius 3 is 2.60 bits per heavy atom. The number of para-hydroxylation sites is 1. The first kappa shape index (κ1) is 22.4. The summed E-state index contributed by atoms with van der Waals surface area (Å²) in [5, 5.41) is 4.66. The molecule has 1 heterocycles. The first-order chi connectivity index (χ1) is 14.4. The highest BCUT2D eigenvalue weighted by Crippen LogP contribution is 2.34. The Hall–Kier alpha value is -2.30. The van der Waals surface area contributed by atoms with Crippen molar-refractivity contribution in [1.29, 1.82) is 0 Å². The minimum atomic E-state index is -0.0880. The largest absolute Gasteiger partial charge is 0.492 e. The third-order valence-corrected chi connectivity index (χ3v) is 5.17. The predicted octanol–water partition coefficient (Wildman–Crippen LogP) is 6.46. The average molecular weight is 428 g/mol. The standard InChI is InChI=1S/C25H30ClNO3/c1-16(2)15-27-12-7-13-29-22-11-10-18(14-20(22)26)24(28)23-19-8-5-6-9-21(19)30-25(23)17(3)4/h5-6,8-11,14,16-17,27H,7,12-13,15H2,1-4H3. The van der Waals surface area contributed by atoms with E-state index in [-0.39, 0.29) is 11.7 Å². The number of benzene rings is 2. The molecule has 0 aliphatic heterocycles. The van der Waals surface area contributed by atoms with Crippen LogP contribution >= 0.6 is 11.6 Å². The van der Waals surface area contributed by atoms with Crippen LogP contribution in [0.5, 0.6) is 5.75 Å². The lowest BCUT2D eigenvalue weighted by atomic mass is 9.96. The number of halogens is 1. The molecule has 4 nitrogen and oxygen atoms in total. The van der Waals surface area contributed by atoms with E-state index in [0.717, 1.165) is 30.5 Å². The van der Waals surface area contributed by atoms with Crippen molar-refractivity contribution in [1.82, 2.24) is 5.32 Å². The van der Waals surface area contributed by atoms with Gasteiger partial charge in [0, 0.05) is 16.9 Å². The van der Waals surface area contributed by atoms with Crippen LogP contribution in [0.2, 0.25) is 5.02 Å². The van der Waals surface area contributed by atoms with Crippen molar-refractivity contribution in [2.45, 2.75) is 40.0 Å². The number of ether oxygens (including phenoxy) is 1. The third kappa shape index (κ3) is 5.24. The second kappa shape index (κ2) is 10.1. The normalized spacial score (nSPS) is 11.6. The maximum atomic E-state index is 13.3. The molecule has 0 amide bonds. The Morgan fingerprint density at radius 1 is 1.13 bits per heavy atom. The number of hydrogen-bond acceptors (Lipinski definition) is 4. The molecular formula is C25H30ClNO3. The van der Waals surface area contributed by atoms with Crippen molar-refractivity contribution >= 4 is 28.4 Å². The smallest absolute Gasteiger partial charge is 0.197 e. The maximum absolute atomic E-state index is 13.3. The van der Waals surface area contributed by atoms with Gasteiger partial charge in [0.15, 0.2) is 5.78 Å². The van der Waals surface area contributed by atoms with E-state index in [2.05, 4.69) is 19.2 Å². The van der Waals surface area contributed by atoms with E-state index in [4.69, 9.17) is 20.8 Å². The summed E-state index contributed by atoms with van der Waals surface area (Å²) in [4.78, 5) is 13.3. The summed E-state index contributed by atoms with van der Waals surface area (Å²) >= 11 is 6.42. The summed E-state index contributed by atoms with van der Waals surface area (Å²) in [6.45, 7) is 10.9. The van der Waals surface area contributed by atoms with Crippen LogP contribution in [0.25, 0.3) is 11.0 Å². The van der Waals surface area contributed by atoms with Crippen LogP contribution in [0.4, 0.5) is 0 Å². The molecule has 0 saturated carbocycles. The molecule has 0 unspecified atom stereocenters. The van der Waals surface area contributed by atoms with E-state index in [1.165, 1.54) is 0 Å². The van der Waals surface area contributed by atoms with Crippen LogP contribution in [-0.2, 0) is 0 Å². The Bertz CT molecular complexity index is 1010. The number of furan rings is 1. The van der Waals surface area contributed by atoms with Gasteiger partial charge in [0.05, 0.1) is 17.2 Å². The highest BCUT2D eigenvalue weighted by molar-refractivity contribution is 6.32. The second-order valence-corrected chi connectivity index (χ2v) is 8.67. The fourth-order valence-electron chi connectivity index (χ4n) is 3.38. The minimum Gasteiger partial charge on any atom is -0.492 e. The van der Waals surface area contributed by atoms with Crippen molar-refractivity contribution in [3.05, 3.63) is 64.4 Å². The van der Waals surface area contributed by atoms with Gasteiger partial charge < -0.3 is 14.5 Å². The Labute approximate surface area is 183 Å². The Kier molecular flexibility index (Phi) is 7.57. The van der Waals surface area contributed by atoms with Crippen molar-refractivity contribution in [2.24, 2.45) is 5.92 Å². The fraction of sp³-hybridized carbons (Fsp3) is 0.400.